The van der Waals surface area contributed by atoms with Crippen LogP contribution in [0.5, 0.6) is 0 Å². The number of anilines is 1. The molecule has 3 N–H and O–H groups in total. The number of carbonyl (C=O) groups is 1. The van der Waals surface area contributed by atoms with Crippen LogP contribution in [-0.4, -0.2) is 26.1 Å². The number of rotatable bonds is 2. The lowest BCUT2D eigenvalue weighted by atomic mass is 9.84. The smallest absolute Gasteiger partial charge is 0.229 e. The molecular formula is C16H21ClN2O3S. The molecule has 1 amide bonds. The molecule has 2 fully saturated rings. The topological polar surface area (TPSA) is 89.3 Å². The van der Waals surface area contributed by atoms with Crippen molar-refractivity contribution in [3.8, 4) is 0 Å². The number of nitrogens with two attached hydrogens (primary N) is 1. The highest BCUT2D eigenvalue weighted by atomic mass is 35.5. The van der Waals surface area contributed by atoms with E-state index < -0.39 is 9.84 Å². The Morgan fingerprint density at radius 2 is 1.96 bits per heavy atom. The molecule has 0 radical (unpaired) electrons. The van der Waals surface area contributed by atoms with Gasteiger partial charge in [0.1, 0.15) is 0 Å². The number of hydrogen-bond donors (Lipinski definition) is 2. The first kappa shape index (κ1) is 16.7. The Kier molecular flexibility index (Phi) is 4.19. The second-order valence-corrected chi connectivity index (χ2v) is 8.89. The predicted octanol–water partition coefficient (Wildman–Crippen LogP) is 1.75. The number of carbonyl (C=O) groups excluding carboxylic acids is 1. The maximum absolute atomic E-state index is 12.5. The first-order valence-corrected chi connectivity index (χ1v) is 9.53. The van der Waals surface area contributed by atoms with Gasteiger partial charge in [-0.3, -0.25) is 4.79 Å². The SMILES string of the molecule is Cl.NC1C2CCC(C2)C1C(=O)Nc1ccc2c(c1)S(=O)(=O)CC2. The van der Waals surface area contributed by atoms with Gasteiger partial charge in [-0.2, -0.15) is 0 Å². The Labute approximate surface area is 142 Å². The molecule has 3 aliphatic rings. The van der Waals surface area contributed by atoms with Crippen molar-refractivity contribution in [1.29, 1.82) is 0 Å². The molecule has 4 atom stereocenters. The van der Waals surface area contributed by atoms with Crippen molar-refractivity contribution in [2.75, 3.05) is 11.1 Å². The minimum Gasteiger partial charge on any atom is -0.327 e. The van der Waals surface area contributed by atoms with E-state index in [9.17, 15) is 13.2 Å². The molecule has 0 aromatic heterocycles. The summed E-state index contributed by atoms with van der Waals surface area (Å²) in [6, 6.07) is 5.12. The number of amides is 1. The number of halogens is 1. The van der Waals surface area contributed by atoms with Gasteiger partial charge >= 0.3 is 0 Å². The second-order valence-electron chi connectivity index (χ2n) is 6.82. The lowest BCUT2D eigenvalue weighted by Gasteiger charge is -2.27. The van der Waals surface area contributed by atoms with E-state index in [0.29, 0.717) is 28.8 Å². The average Bonchev–Trinajstić information content (AvgIpc) is 3.13. The van der Waals surface area contributed by atoms with Gasteiger partial charge in [0.25, 0.3) is 0 Å². The molecule has 4 rings (SSSR count). The fourth-order valence-corrected chi connectivity index (χ4v) is 6.02. The highest BCUT2D eigenvalue weighted by Gasteiger charge is 2.49. The summed E-state index contributed by atoms with van der Waals surface area (Å²) in [5.74, 6) is 0.828. The molecule has 1 aromatic rings. The fraction of sp³-hybridized carbons (Fsp3) is 0.562. The van der Waals surface area contributed by atoms with E-state index in [-0.39, 0.29) is 36.0 Å². The Morgan fingerprint density at radius 3 is 2.65 bits per heavy atom. The monoisotopic (exact) mass is 356 g/mol. The normalized spacial score (nSPS) is 33.1. The standard InChI is InChI=1S/C16H20N2O3S.ClH/c17-15-11-2-1-10(7-11)14(15)16(19)18-12-4-3-9-5-6-22(20,21)13(9)8-12;/h3-4,8,10-11,14-15H,1-2,5-7,17H2,(H,18,19);1H. The molecular weight excluding hydrogens is 336 g/mol. The molecule has 2 saturated carbocycles. The number of fused-ring (bicyclic) bond motifs is 3. The third kappa shape index (κ3) is 2.66. The molecule has 1 aromatic carbocycles. The molecule has 0 saturated heterocycles. The van der Waals surface area contributed by atoms with Crippen molar-refractivity contribution in [2.45, 2.75) is 36.6 Å². The number of hydrogen-bond acceptors (Lipinski definition) is 4. The van der Waals surface area contributed by atoms with Crippen molar-refractivity contribution >= 4 is 33.8 Å². The van der Waals surface area contributed by atoms with E-state index in [0.717, 1.165) is 24.8 Å². The Morgan fingerprint density at radius 1 is 1.22 bits per heavy atom. The van der Waals surface area contributed by atoms with E-state index in [1.165, 1.54) is 0 Å². The van der Waals surface area contributed by atoms with Gasteiger partial charge in [-0.1, -0.05) is 6.07 Å². The lowest BCUT2D eigenvalue weighted by molar-refractivity contribution is -0.121. The fourth-order valence-electron chi connectivity index (χ4n) is 4.43. The van der Waals surface area contributed by atoms with Gasteiger partial charge < -0.3 is 11.1 Å². The second kappa shape index (κ2) is 5.76. The van der Waals surface area contributed by atoms with Gasteiger partial charge in [-0.25, -0.2) is 8.42 Å². The quantitative estimate of drug-likeness (QED) is 0.844. The van der Waals surface area contributed by atoms with Crippen LogP contribution in [0, 0.1) is 17.8 Å². The van der Waals surface area contributed by atoms with Crippen LogP contribution >= 0.6 is 12.4 Å². The van der Waals surface area contributed by atoms with Crippen LogP contribution in [0.3, 0.4) is 0 Å². The van der Waals surface area contributed by atoms with Crippen LogP contribution in [0.2, 0.25) is 0 Å². The van der Waals surface area contributed by atoms with Crippen molar-refractivity contribution in [3.05, 3.63) is 23.8 Å². The zero-order valence-corrected chi connectivity index (χ0v) is 14.3. The highest BCUT2D eigenvalue weighted by molar-refractivity contribution is 7.91. The summed E-state index contributed by atoms with van der Waals surface area (Å²) in [6.07, 6.45) is 3.82. The third-order valence-electron chi connectivity index (χ3n) is 5.59. The zero-order chi connectivity index (χ0) is 15.5. The average molecular weight is 357 g/mol. The van der Waals surface area contributed by atoms with Crippen LogP contribution < -0.4 is 11.1 Å². The van der Waals surface area contributed by atoms with Crippen molar-refractivity contribution < 1.29 is 13.2 Å². The maximum atomic E-state index is 12.5. The largest absolute Gasteiger partial charge is 0.327 e. The molecule has 7 heteroatoms. The third-order valence-corrected chi connectivity index (χ3v) is 7.38. The zero-order valence-electron chi connectivity index (χ0n) is 12.7. The van der Waals surface area contributed by atoms with Gasteiger partial charge in [0.15, 0.2) is 9.84 Å². The van der Waals surface area contributed by atoms with E-state index in [1.54, 1.807) is 18.2 Å². The van der Waals surface area contributed by atoms with Crippen LogP contribution in [0.4, 0.5) is 5.69 Å². The highest BCUT2D eigenvalue weighted by Crippen LogP contribution is 2.48. The van der Waals surface area contributed by atoms with Crippen molar-refractivity contribution in [1.82, 2.24) is 0 Å². The summed E-state index contributed by atoms with van der Waals surface area (Å²) in [7, 11) is -3.18. The van der Waals surface area contributed by atoms with Gasteiger partial charge in [-0.05, 0) is 55.2 Å². The predicted molar refractivity (Wildman–Crippen MR) is 90.4 cm³/mol. The molecule has 1 aliphatic heterocycles. The Balaban J connectivity index is 0.00000156. The molecule has 2 aliphatic carbocycles. The minimum absolute atomic E-state index is 0. The number of sulfone groups is 1. The summed E-state index contributed by atoms with van der Waals surface area (Å²) in [6.45, 7) is 0. The van der Waals surface area contributed by atoms with Crippen molar-refractivity contribution in [2.24, 2.45) is 23.5 Å². The number of benzene rings is 1. The van der Waals surface area contributed by atoms with E-state index in [4.69, 9.17) is 5.73 Å². The van der Waals surface area contributed by atoms with Gasteiger partial charge in [0.2, 0.25) is 5.91 Å². The molecule has 0 spiro atoms. The van der Waals surface area contributed by atoms with Gasteiger partial charge in [-0.15, -0.1) is 12.4 Å². The van der Waals surface area contributed by atoms with Gasteiger partial charge in [0, 0.05) is 11.7 Å². The van der Waals surface area contributed by atoms with Crippen molar-refractivity contribution in [3.63, 3.8) is 0 Å². The number of nitrogens with one attached hydrogen (secondary N) is 1. The molecule has 4 unspecified atom stereocenters. The van der Waals surface area contributed by atoms with Crippen LogP contribution in [0.1, 0.15) is 24.8 Å². The summed E-state index contributed by atoms with van der Waals surface area (Å²) in [5.41, 5.74) is 7.60. The first-order chi connectivity index (χ1) is 10.5. The maximum Gasteiger partial charge on any atom is 0.229 e. The number of aryl methyl sites for hydroxylation is 1. The minimum atomic E-state index is -3.18. The van der Waals surface area contributed by atoms with E-state index in [1.807, 2.05) is 0 Å². The molecule has 1 heterocycles. The Bertz CT molecular complexity index is 748. The summed E-state index contributed by atoms with van der Waals surface area (Å²) in [4.78, 5) is 12.9. The van der Waals surface area contributed by atoms with Crippen LogP contribution in [0.25, 0.3) is 0 Å². The van der Waals surface area contributed by atoms with Gasteiger partial charge in [0.05, 0.1) is 16.6 Å². The lowest BCUT2D eigenvalue weighted by Crippen LogP contribution is -2.42. The molecule has 126 valence electrons. The summed E-state index contributed by atoms with van der Waals surface area (Å²) in [5, 5.41) is 2.88. The Hall–Kier alpha value is -1.11. The molecule has 5 nitrogen and oxygen atoms in total. The van der Waals surface area contributed by atoms with E-state index >= 15 is 0 Å². The van der Waals surface area contributed by atoms with Crippen LogP contribution in [-0.2, 0) is 21.1 Å². The summed E-state index contributed by atoms with van der Waals surface area (Å²) < 4.78 is 23.9. The summed E-state index contributed by atoms with van der Waals surface area (Å²) >= 11 is 0. The molecule has 23 heavy (non-hydrogen) atoms. The van der Waals surface area contributed by atoms with Crippen LogP contribution in [0.15, 0.2) is 23.1 Å². The molecule has 2 bridgehead atoms. The first-order valence-electron chi connectivity index (χ1n) is 7.88. The van der Waals surface area contributed by atoms with E-state index in [2.05, 4.69) is 5.32 Å².